The summed E-state index contributed by atoms with van der Waals surface area (Å²) < 4.78 is 35.9. The zero-order chi connectivity index (χ0) is 46.0. The Morgan fingerprint density at radius 2 is 0.770 bits per heavy atom. The second kappa shape index (κ2) is 27.3. The first kappa shape index (κ1) is 57.5. The van der Waals surface area contributed by atoms with E-state index in [0.29, 0.717) is 12.7 Å². The molecular formula is C52H108O6Si3. The normalized spacial score (nSPS) is 22.6. The van der Waals surface area contributed by atoms with Gasteiger partial charge in [-0.15, -0.1) is 0 Å². The third-order valence-corrected chi connectivity index (χ3v) is 29.5. The van der Waals surface area contributed by atoms with Gasteiger partial charge in [-0.3, -0.25) is 0 Å². The molecule has 0 amide bonds. The van der Waals surface area contributed by atoms with Crippen LogP contribution in [0.25, 0.3) is 0 Å². The Bertz CT molecular complexity index is 1140. The molecule has 2 saturated heterocycles. The molecule has 2 rings (SSSR count). The van der Waals surface area contributed by atoms with Crippen molar-refractivity contribution < 1.29 is 27.9 Å². The zero-order valence-electron chi connectivity index (χ0n) is 43.9. The third-order valence-electron chi connectivity index (χ3n) is 16.0. The maximum absolute atomic E-state index is 8.98. The molecule has 0 aromatic carbocycles. The fourth-order valence-electron chi connectivity index (χ4n) is 8.65. The van der Waals surface area contributed by atoms with Crippen LogP contribution in [0.3, 0.4) is 0 Å². The Morgan fingerprint density at radius 1 is 0.443 bits per heavy atom. The molecule has 0 spiro atoms. The van der Waals surface area contributed by atoms with Gasteiger partial charge in [-0.25, -0.2) is 0 Å². The predicted octanol–water partition coefficient (Wildman–Crippen LogP) is 16.5. The van der Waals surface area contributed by atoms with Crippen LogP contribution in [-0.2, 0) is 22.8 Å². The van der Waals surface area contributed by atoms with Crippen molar-refractivity contribution in [3.8, 4) is 0 Å². The number of rotatable bonds is 32. The first-order chi connectivity index (χ1) is 28.3. The molecule has 0 radical (unpaired) electrons. The van der Waals surface area contributed by atoms with Crippen LogP contribution >= 0.6 is 0 Å². The lowest BCUT2D eigenvalue weighted by molar-refractivity contribution is -0.107. The van der Waals surface area contributed by atoms with Crippen molar-refractivity contribution in [3.05, 3.63) is 0 Å². The lowest BCUT2D eigenvalue weighted by Crippen LogP contribution is -2.48. The van der Waals surface area contributed by atoms with E-state index < -0.39 is 25.0 Å². The SMILES string of the molecule is CCCCCC[C@@H](CCC[C@@H](O[Si](C)(C)C(C)(C)C)[C@H]1CC[C@H]([C@H]2CC[C@H]([C@@H](CCCCCCCCCCCCCCO)O[Si](C)(C)C(C)(C)C)O2)O1)O[Si](C)(C)C(C)(C)C. The molecule has 0 unspecified atom stereocenters. The Kier molecular flexibility index (Phi) is 25.7. The van der Waals surface area contributed by atoms with Crippen LogP contribution in [0.5, 0.6) is 0 Å². The van der Waals surface area contributed by atoms with Crippen LogP contribution in [0.2, 0.25) is 54.4 Å². The summed E-state index contributed by atoms with van der Waals surface area (Å²) >= 11 is 0. The number of aliphatic hydroxyl groups is 1. The van der Waals surface area contributed by atoms with E-state index in [-0.39, 0.29) is 51.7 Å². The molecular weight excluding hydrogens is 805 g/mol. The van der Waals surface area contributed by atoms with Crippen molar-refractivity contribution in [2.75, 3.05) is 6.61 Å². The van der Waals surface area contributed by atoms with Crippen LogP contribution in [0.1, 0.15) is 230 Å². The van der Waals surface area contributed by atoms with Gasteiger partial charge >= 0.3 is 0 Å². The van der Waals surface area contributed by atoms with E-state index in [1.807, 2.05) is 0 Å². The van der Waals surface area contributed by atoms with E-state index in [1.54, 1.807) is 0 Å². The molecule has 61 heavy (non-hydrogen) atoms. The molecule has 9 heteroatoms. The van der Waals surface area contributed by atoms with Crippen LogP contribution in [-0.4, -0.2) is 79.4 Å². The molecule has 0 saturated carbocycles. The third kappa shape index (κ3) is 20.9. The zero-order valence-corrected chi connectivity index (χ0v) is 46.9. The van der Waals surface area contributed by atoms with Crippen molar-refractivity contribution in [1.29, 1.82) is 0 Å². The lowest BCUT2D eigenvalue weighted by atomic mass is 9.99. The molecule has 0 aromatic heterocycles. The Hall–Kier alpha value is 0.411. The number of ether oxygens (including phenoxy) is 2. The molecule has 0 aromatic rings. The predicted molar refractivity (Wildman–Crippen MR) is 272 cm³/mol. The quantitative estimate of drug-likeness (QED) is 0.0536. The molecule has 1 N–H and O–H groups in total. The van der Waals surface area contributed by atoms with E-state index in [9.17, 15) is 0 Å². The van der Waals surface area contributed by atoms with E-state index in [1.165, 1.54) is 103 Å². The summed E-state index contributed by atoms with van der Waals surface area (Å²) in [7, 11) is -5.83. The minimum absolute atomic E-state index is 0.119. The second-order valence-corrected chi connectivity index (χ2v) is 38.7. The van der Waals surface area contributed by atoms with Gasteiger partial charge in [0.25, 0.3) is 0 Å². The van der Waals surface area contributed by atoms with Gasteiger partial charge in [0.05, 0.1) is 36.6 Å². The second-order valence-electron chi connectivity index (χ2n) is 24.4. The number of unbranched alkanes of at least 4 members (excludes halogenated alkanes) is 14. The molecule has 2 fully saturated rings. The lowest BCUT2D eigenvalue weighted by Gasteiger charge is -2.41. The van der Waals surface area contributed by atoms with Gasteiger partial charge < -0.3 is 27.9 Å². The van der Waals surface area contributed by atoms with Crippen LogP contribution < -0.4 is 0 Å². The standard InChI is InChI=1S/C52H108O6Si3/c1-17-18-19-30-34-43(56-59(11,12)50(2,3)4)35-33-37-49(58-61(15,16)52(8,9)10)47-41-39-45(55-47)44-38-40-46(54-44)48(57-60(13,14)51(5,6)7)36-31-28-26-24-22-20-21-23-25-27-29-32-42-53/h43-49,53H,17-42H2,1-16H3/t43-,44+,45+,46+,47+,48+,49+/m0/s1. The van der Waals surface area contributed by atoms with Gasteiger partial charge in [0, 0.05) is 12.7 Å². The van der Waals surface area contributed by atoms with Gasteiger partial charge in [-0.2, -0.15) is 0 Å². The van der Waals surface area contributed by atoms with E-state index >= 15 is 0 Å². The highest BCUT2D eigenvalue weighted by molar-refractivity contribution is 6.75. The van der Waals surface area contributed by atoms with Crippen molar-refractivity contribution >= 4 is 25.0 Å². The average molecular weight is 914 g/mol. The fourth-order valence-corrected chi connectivity index (χ4v) is 12.8. The molecule has 7 atom stereocenters. The molecule has 2 aliphatic heterocycles. The Labute approximate surface area is 384 Å². The molecule has 2 aliphatic rings. The maximum Gasteiger partial charge on any atom is 0.192 e. The first-order valence-corrected chi connectivity index (χ1v) is 35.0. The fraction of sp³-hybridized carbons (Fsp3) is 1.00. The molecule has 0 aliphatic carbocycles. The average Bonchev–Trinajstić information content (AvgIpc) is 3.84. The summed E-state index contributed by atoms with van der Waals surface area (Å²) in [5, 5.41) is 9.52. The first-order valence-electron chi connectivity index (χ1n) is 26.3. The highest BCUT2D eigenvalue weighted by Crippen LogP contribution is 2.44. The molecule has 2 heterocycles. The van der Waals surface area contributed by atoms with Gasteiger partial charge in [-0.1, -0.05) is 166 Å². The summed E-state index contributed by atoms with van der Waals surface area (Å²) in [5.41, 5.74) is 0. The van der Waals surface area contributed by atoms with E-state index in [0.717, 1.165) is 57.8 Å². The van der Waals surface area contributed by atoms with Crippen molar-refractivity contribution in [2.24, 2.45) is 0 Å². The maximum atomic E-state index is 8.98. The molecule has 0 bridgehead atoms. The van der Waals surface area contributed by atoms with Crippen LogP contribution in [0.4, 0.5) is 0 Å². The summed E-state index contributed by atoms with van der Waals surface area (Å²) in [4.78, 5) is 0. The summed E-state index contributed by atoms with van der Waals surface area (Å²) in [5.74, 6) is 0. The smallest absolute Gasteiger partial charge is 0.192 e. The summed E-state index contributed by atoms with van der Waals surface area (Å²) in [6.45, 7) is 38.5. The highest BCUT2D eigenvalue weighted by atomic mass is 28.4. The summed E-state index contributed by atoms with van der Waals surface area (Å²) in [6.07, 6.45) is 31.6. The monoisotopic (exact) mass is 913 g/mol. The highest BCUT2D eigenvalue weighted by Gasteiger charge is 2.47. The summed E-state index contributed by atoms with van der Waals surface area (Å²) in [6, 6.07) is 0. The minimum atomic E-state index is -2.01. The van der Waals surface area contributed by atoms with Crippen molar-refractivity contribution in [2.45, 2.75) is 327 Å². The van der Waals surface area contributed by atoms with Crippen molar-refractivity contribution in [1.82, 2.24) is 0 Å². The van der Waals surface area contributed by atoms with Crippen LogP contribution in [0, 0.1) is 0 Å². The van der Waals surface area contributed by atoms with Gasteiger partial charge in [0.2, 0.25) is 0 Å². The molecule has 6 nitrogen and oxygen atoms in total. The van der Waals surface area contributed by atoms with Crippen LogP contribution in [0.15, 0.2) is 0 Å². The van der Waals surface area contributed by atoms with Gasteiger partial charge in [-0.05, 0) is 119 Å². The number of aliphatic hydroxyl groups excluding tert-OH is 1. The Balaban J connectivity index is 2.05. The van der Waals surface area contributed by atoms with Gasteiger partial charge in [0.15, 0.2) is 25.0 Å². The number of hydrogen-bond acceptors (Lipinski definition) is 6. The number of hydrogen-bond donors (Lipinski definition) is 1. The minimum Gasteiger partial charge on any atom is -0.414 e. The molecule has 364 valence electrons. The largest absolute Gasteiger partial charge is 0.414 e. The van der Waals surface area contributed by atoms with E-state index in [4.69, 9.17) is 27.9 Å². The van der Waals surface area contributed by atoms with Gasteiger partial charge in [0.1, 0.15) is 0 Å². The topological polar surface area (TPSA) is 66.4 Å². The Morgan fingerprint density at radius 3 is 1.16 bits per heavy atom. The van der Waals surface area contributed by atoms with Crippen molar-refractivity contribution in [3.63, 3.8) is 0 Å². The van der Waals surface area contributed by atoms with E-state index in [2.05, 4.69) is 109 Å².